The third-order valence-electron chi connectivity index (χ3n) is 5.94. The Balaban J connectivity index is 1.90. The van der Waals surface area contributed by atoms with E-state index in [4.69, 9.17) is 4.74 Å². The van der Waals surface area contributed by atoms with Crippen molar-refractivity contribution in [2.75, 3.05) is 20.7 Å². The third-order valence-corrected chi connectivity index (χ3v) is 5.94. The first kappa shape index (κ1) is 22.4. The van der Waals surface area contributed by atoms with Crippen LogP contribution in [-0.4, -0.2) is 59.4 Å². The van der Waals surface area contributed by atoms with Gasteiger partial charge >= 0.3 is 0 Å². The molecule has 1 fully saturated rings. The molecule has 2 amide bonds. The molecular weight excluding hydrogens is 392 g/mol. The lowest BCUT2D eigenvalue weighted by molar-refractivity contribution is -0.136. The molecule has 1 saturated heterocycles. The standard InChI is InChI=1S/C24H30N4O3/c1-6-16-11-17(13-25)28(14-16)24(30)21(10-15(2)3)27(4)23(29)20-12-18-19(26-20)8-7-9-22(18)31-5/h6-9,12,15-17,21,26H,1,10-11,14H2,2-5H3. The molecule has 0 saturated carbocycles. The second kappa shape index (κ2) is 9.25. The van der Waals surface area contributed by atoms with Crippen LogP contribution in [0.2, 0.25) is 0 Å². The minimum atomic E-state index is -0.653. The number of nitriles is 1. The van der Waals surface area contributed by atoms with E-state index in [0.717, 1.165) is 10.9 Å². The topological polar surface area (TPSA) is 89.4 Å². The number of rotatable bonds is 7. The molecule has 0 bridgehead atoms. The summed E-state index contributed by atoms with van der Waals surface area (Å²) in [7, 11) is 3.24. The minimum absolute atomic E-state index is 0.0930. The molecule has 1 N–H and O–H groups in total. The molecule has 2 heterocycles. The van der Waals surface area contributed by atoms with Gasteiger partial charge < -0.3 is 19.5 Å². The molecule has 1 aromatic heterocycles. The van der Waals surface area contributed by atoms with Crippen molar-refractivity contribution in [1.29, 1.82) is 5.26 Å². The molecule has 0 aliphatic carbocycles. The number of nitrogens with zero attached hydrogens (tertiary/aromatic N) is 3. The van der Waals surface area contributed by atoms with Crippen LogP contribution in [0, 0.1) is 23.2 Å². The Labute approximate surface area is 183 Å². The highest BCUT2D eigenvalue weighted by molar-refractivity contribution is 6.01. The Morgan fingerprint density at radius 3 is 2.81 bits per heavy atom. The molecule has 0 radical (unpaired) electrons. The van der Waals surface area contributed by atoms with Crippen LogP contribution in [0.4, 0.5) is 0 Å². The summed E-state index contributed by atoms with van der Waals surface area (Å²) in [4.78, 5) is 33.1. The van der Waals surface area contributed by atoms with E-state index < -0.39 is 12.1 Å². The van der Waals surface area contributed by atoms with E-state index in [9.17, 15) is 14.9 Å². The lowest BCUT2D eigenvalue weighted by atomic mass is 10.0. The number of likely N-dealkylation sites (tertiary alicyclic amines) is 1. The fraction of sp³-hybridized carbons (Fsp3) is 0.458. The van der Waals surface area contributed by atoms with E-state index >= 15 is 0 Å². The van der Waals surface area contributed by atoms with Crippen molar-refractivity contribution >= 4 is 22.7 Å². The zero-order valence-corrected chi connectivity index (χ0v) is 18.6. The number of aromatic nitrogens is 1. The van der Waals surface area contributed by atoms with E-state index in [0.29, 0.717) is 30.8 Å². The van der Waals surface area contributed by atoms with Crippen LogP contribution in [0.3, 0.4) is 0 Å². The Hall–Kier alpha value is -3.27. The average molecular weight is 423 g/mol. The number of hydrogen-bond donors (Lipinski definition) is 1. The van der Waals surface area contributed by atoms with Crippen LogP contribution in [-0.2, 0) is 4.79 Å². The Bertz CT molecular complexity index is 1020. The molecule has 1 aromatic carbocycles. The molecule has 1 aliphatic rings. The zero-order chi connectivity index (χ0) is 22.7. The fourth-order valence-corrected chi connectivity index (χ4v) is 4.22. The quantitative estimate of drug-likeness (QED) is 0.691. The highest BCUT2D eigenvalue weighted by atomic mass is 16.5. The van der Waals surface area contributed by atoms with Gasteiger partial charge in [0.15, 0.2) is 0 Å². The van der Waals surface area contributed by atoms with Gasteiger partial charge in [-0.1, -0.05) is 26.0 Å². The summed E-state index contributed by atoms with van der Waals surface area (Å²) >= 11 is 0. The van der Waals surface area contributed by atoms with Crippen LogP contribution >= 0.6 is 0 Å². The number of amides is 2. The molecule has 3 unspecified atom stereocenters. The van der Waals surface area contributed by atoms with E-state index in [2.05, 4.69) is 17.6 Å². The minimum Gasteiger partial charge on any atom is -0.496 e. The van der Waals surface area contributed by atoms with E-state index in [1.165, 1.54) is 4.90 Å². The number of carbonyl (C=O) groups is 2. The zero-order valence-electron chi connectivity index (χ0n) is 18.6. The highest BCUT2D eigenvalue weighted by Gasteiger charge is 2.39. The molecule has 2 aromatic rings. The lowest BCUT2D eigenvalue weighted by Gasteiger charge is -2.32. The Morgan fingerprint density at radius 2 is 2.19 bits per heavy atom. The van der Waals surface area contributed by atoms with Crippen LogP contribution in [0.25, 0.3) is 10.9 Å². The molecule has 7 nitrogen and oxygen atoms in total. The normalized spacial score (nSPS) is 19.3. The number of hydrogen-bond acceptors (Lipinski definition) is 4. The summed E-state index contributed by atoms with van der Waals surface area (Å²) < 4.78 is 5.39. The first-order valence-electron chi connectivity index (χ1n) is 10.6. The van der Waals surface area contributed by atoms with Gasteiger partial charge in [0.05, 0.1) is 13.2 Å². The van der Waals surface area contributed by atoms with Crippen LogP contribution in [0.5, 0.6) is 5.75 Å². The Kier molecular flexibility index (Phi) is 6.69. The molecule has 7 heteroatoms. The highest BCUT2D eigenvalue weighted by Crippen LogP contribution is 2.29. The summed E-state index contributed by atoms with van der Waals surface area (Å²) in [6.07, 6.45) is 2.89. The van der Waals surface area contributed by atoms with Crippen LogP contribution < -0.4 is 4.74 Å². The third kappa shape index (κ3) is 4.43. The summed E-state index contributed by atoms with van der Waals surface area (Å²) in [5, 5.41) is 10.4. The summed E-state index contributed by atoms with van der Waals surface area (Å²) in [6, 6.07) is 8.41. The van der Waals surface area contributed by atoms with Crippen molar-refractivity contribution < 1.29 is 14.3 Å². The van der Waals surface area contributed by atoms with Gasteiger partial charge in [-0.15, -0.1) is 6.58 Å². The van der Waals surface area contributed by atoms with E-state index in [1.807, 2.05) is 32.0 Å². The Morgan fingerprint density at radius 1 is 1.45 bits per heavy atom. The van der Waals surface area contributed by atoms with Crippen LogP contribution in [0.15, 0.2) is 36.9 Å². The maximum atomic E-state index is 13.5. The van der Waals surface area contributed by atoms with E-state index in [-0.39, 0.29) is 23.7 Å². The lowest BCUT2D eigenvalue weighted by Crippen LogP contribution is -2.51. The van der Waals surface area contributed by atoms with Crippen molar-refractivity contribution in [3.8, 4) is 11.8 Å². The van der Waals surface area contributed by atoms with Gasteiger partial charge in [-0.05, 0) is 42.9 Å². The first-order chi connectivity index (χ1) is 14.8. The van der Waals surface area contributed by atoms with Crippen molar-refractivity contribution in [3.63, 3.8) is 0 Å². The van der Waals surface area contributed by atoms with Gasteiger partial charge in [0.25, 0.3) is 5.91 Å². The van der Waals surface area contributed by atoms with E-state index in [1.54, 1.807) is 31.2 Å². The number of benzene rings is 1. The van der Waals surface area contributed by atoms with Crippen LogP contribution in [0.1, 0.15) is 37.2 Å². The molecule has 31 heavy (non-hydrogen) atoms. The van der Waals surface area contributed by atoms with Gasteiger partial charge in [0.2, 0.25) is 5.91 Å². The smallest absolute Gasteiger partial charge is 0.270 e. The number of ether oxygens (including phenoxy) is 1. The van der Waals surface area contributed by atoms with Gasteiger partial charge in [-0.2, -0.15) is 5.26 Å². The van der Waals surface area contributed by atoms with Crippen molar-refractivity contribution in [1.82, 2.24) is 14.8 Å². The molecule has 3 atom stereocenters. The molecule has 0 spiro atoms. The second-order valence-corrected chi connectivity index (χ2v) is 8.53. The predicted octanol–water partition coefficient (Wildman–Crippen LogP) is 3.59. The monoisotopic (exact) mass is 422 g/mol. The van der Waals surface area contributed by atoms with Gasteiger partial charge in [0.1, 0.15) is 23.5 Å². The number of aromatic amines is 1. The maximum absolute atomic E-state index is 13.5. The SMILES string of the molecule is C=CC1CC(C#N)N(C(=O)C(CC(C)C)N(C)C(=O)c2cc3c(OC)cccc3[nH]2)C1. The van der Waals surface area contributed by atoms with Crippen molar-refractivity contribution in [2.45, 2.75) is 38.8 Å². The summed E-state index contributed by atoms with van der Waals surface area (Å²) in [5.74, 6) is 0.509. The summed E-state index contributed by atoms with van der Waals surface area (Å²) in [5.41, 5.74) is 1.19. The molecule has 164 valence electrons. The van der Waals surface area contributed by atoms with Crippen molar-refractivity contribution in [3.05, 3.63) is 42.6 Å². The number of likely N-dealkylation sites (N-methyl/N-ethyl adjacent to an activating group) is 1. The molecular formula is C24H30N4O3. The number of nitrogens with one attached hydrogen (secondary N) is 1. The molecule has 3 rings (SSSR count). The van der Waals surface area contributed by atoms with Gasteiger partial charge in [-0.3, -0.25) is 9.59 Å². The predicted molar refractivity (Wildman–Crippen MR) is 120 cm³/mol. The van der Waals surface area contributed by atoms with Crippen molar-refractivity contribution in [2.24, 2.45) is 11.8 Å². The average Bonchev–Trinajstić information content (AvgIpc) is 3.39. The maximum Gasteiger partial charge on any atom is 0.270 e. The fourth-order valence-electron chi connectivity index (χ4n) is 4.22. The number of fused-ring (bicyclic) bond motifs is 1. The van der Waals surface area contributed by atoms with Gasteiger partial charge in [-0.25, -0.2) is 0 Å². The second-order valence-electron chi connectivity index (χ2n) is 8.53. The largest absolute Gasteiger partial charge is 0.496 e. The molecule has 1 aliphatic heterocycles. The number of H-pyrrole nitrogens is 1. The van der Waals surface area contributed by atoms with Gasteiger partial charge in [0, 0.05) is 24.5 Å². The number of methoxy groups -OCH3 is 1. The summed E-state index contributed by atoms with van der Waals surface area (Å²) in [6.45, 7) is 8.31. The first-order valence-corrected chi connectivity index (χ1v) is 10.6. The number of carbonyl (C=O) groups excluding carboxylic acids is 2.